The van der Waals surface area contributed by atoms with Crippen molar-refractivity contribution in [3.8, 4) is 0 Å². The quantitative estimate of drug-likeness (QED) is 0.783. The lowest BCUT2D eigenvalue weighted by atomic mass is 10.1. The smallest absolute Gasteiger partial charge is 0.319 e. The molecule has 4 heteroatoms. The van der Waals surface area contributed by atoms with E-state index in [2.05, 4.69) is 17.6 Å². The van der Waals surface area contributed by atoms with Crippen LogP contribution in [0.15, 0.2) is 24.3 Å². The number of hydrogen-bond donors (Lipinski definition) is 3. The van der Waals surface area contributed by atoms with Crippen LogP contribution in [0.5, 0.6) is 0 Å². The Balaban J connectivity index is 1.93. The van der Waals surface area contributed by atoms with E-state index in [9.17, 15) is 4.79 Å². The molecule has 4 nitrogen and oxygen atoms in total. The van der Waals surface area contributed by atoms with Crippen molar-refractivity contribution in [2.75, 3.05) is 5.32 Å². The van der Waals surface area contributed by atoms with E-state index in [0.717, 1.165) is 17.7 Å². The minimum Gasteiger partial charge on any atom is -0.335 e. The Morgan fingerprint density at radius 2 is 2.21 bits per heavy atom. The molecule has 104 valence electrons. The van der Waals surface area contributed by atoms with Crippen molar-refractivity contribution in [1.29, 1.82) is 0 Å². The molecule has 2 amide bonds. The normalized spacial score (nSPS) is 23.9. The van der Waals surface area contributed by atoms with E-state index in [0.29, 0.717) is 12.0 Å². The summed E-state index contributed by atoms with van der Waals surface area (Å²) in [6.07, 6.45) is 3.48. The Hall–Kier alpha value is -1.55. The van der Waals surface area contributed by atoms with Crippen LogP contribution in [0.3, 0.4) is 0 Å². The van der Waals surface area contributed by atoms with E-state index >= 15 is 0 Å². The number of urea groups is 1. The van der Waals surface area contributed by atoms with Crippen molar-refractivity contribution < 1.29 is 4.79 Å². The van der Waals surface area contributed by atoms with Crippen LogP contribution in [0.1, 0.15) is 44.7 Å². The molecular formula is C15H23N3O. The van der Waals surface area contributed by atoms with Gasteiger partial charge in [0.25, 0.3) is 0 Å². The monoisotopic (exact) mass is 261 g/mol. The summed E-state index contributed by atoms with van der Waals surface area (Å²) >= 11 is 0. The third kappa shape index (κ3) is 3.70. The molecule has 4 N–H and O–H groups in total. The minimum atomic E-state index is -0.124. The number of hydrogen-bond acceptors (Lipinski definition) is 2. The Labute approximate surface area is 114 Å². The zero-order valence-electron chi connectivity index (χ0n) is 11.6. The van der Waals surface area contributed by atoms with E-state index in [1.54, 1.807) is 0 Å². The molecule has 3 atom stereocenters. The predicted octanol–water partition coefficient (Wildman–Crippen LogP) is 3.02. The third-order valence-corrected chi connectivity index (χ3v) is 3.85. The van der Waals surface area contributed by atoms with Crippen molar-refractivity contribution in [3.05, 3.63) is 29.8 Å². The number of carbonyl (C=O) groups is 1. The van der Waals surface area contributed by atoms with Gasteiger partial charge in [-0.2, -0.15) is 0 Å². The highest BCUT2D eigenvalue weighted by molar-refractivity contribution is 5.89. The molecule has 1 aromatic rings. The first kappa shape index (κ1) is 13.9. The summed E-state index contributed by atoms with van der Waals surface area (Å²) in [5, 5.41) is 5.92. The molecule has 1 fully saturated rings. The van der Waals surface area contributed by atoms with Gasteiger partial charge in [0.2, 0.25) is 0 Å². The maximum Gasteiger partial charge on any atom is 0.319 e. The van der Waals surface area contributed by atoms with Crippen molar-refractivity contribution >= 4 is 11.7 Å². The topological polar surface area (TPSA) is 67.1 Å². The maximum absolute atomic E-state index is 11.9. The zero-order valence-corrected chi connectivity index (χ0v) is 11.6. The van der Waals surface area contributed by atoms with Crippen molar-refractivity contribution in [3.63, 3.8) is 0 Å². The van der Waals surface area contributed by atoms with E-state index in [1.807, 2.05) is 31.2 Å². The van der Waals surface area contributed by atoms with Crippen molar-refractivity contribution in [1.82, 2.24) is 5.32 Å². The molecule has 1 saturated carbocycles. The molecule has 0 spiro atoms. The van der Waals surface area contributed by atoms with Crippen LogP contribution in [-0.2, 0) is 0 Å². The molecular weight excluding hydrogens is 238 g/mol. The molecule has 1 aromatic carbocycles. The summed E-state index contributed by atoms with van der Waals surface area (Å²) < 4.78 is 0. The highest BCUT2D eigenvalue weighted by Crippen LogP contribution is 2.24. The number of amides is 2. The predicted molar refractivity (Wildman–Crippen MR) is 78.0 cm³/mol. The summed E-state index contributed by atoms with van der Waals surface area (Å²) in [7, 11) is 0. The van der Waals surface area contributed by atoms with E-state index in [4.69, 9.17) is 5.73 Å². The highest BCUT2D eigenvalue weighted by atomic mass is 16.2. The highest BCUT2D eigenvalue weighted by Gasteiger charge is 2.24. The van der Waals surface area contributed by atoms with Gasteiger partial charge < -0.3 is 16.4 Å². The second kappa shape index (κ2) is 6.06. The van der Waals surface area contributed by atoms with Crippen LogP contribution >= 0.6 is 0 Å². The summed E-state index contributed by atoms with van der Waals surface area (Å²) in [6.45, 7) is 4.12. The first-order valence-electron chi connectivity index (χ1n) is 6.99. The van der Waals surface area contributed by atoms with E-state index in [1.165, 1.54) is 12.8 Å². The van der Waals surface area contributed by atoms with Gasteiger partial charge in [-0.1, -0.05) is 25.5 Å². The zero-order chi connectivity index (χ0) is 13.8. The number of anilines is 1. The fourth-order valence-corrected chi connectivity index (χ4v) is 2.60. The van der Waals surface area contributed by atoms with Gasteiger partial charge in [-0.15, -0.1) is 0 Å². The second-order valence-electron chi connectivity index (χ2n) is 5.53. The van der Waals surface area contributed by atoms with Gasteiger partial charge in [0.1, 0.15) is 0 Å². The Bertz CT molecular complexity index is 445. The molecule has 1 aliphatic carbocycles. The molecule has 0 heterocycles. The van der Waals surface area contributed by atoms with Crippen LogP contribution in [0.4, 0.5) is 10.5 Å². The number of nitrogens with one attached hydrogen (secondary N) is 2. The average molecular weight is 261 g/mol. The fraction of sp³-hybridized carbons (Fsp3) is 0.533. The lowest BCUT2D eigenvalue weighted by Crippen LogP contribution is -2.39. The van der Waals surface area contributed by atoms with Crippen LogP contribution < -0.4 is 16.4 Å². The summed E-state index contributed by atoms with van der Waals surface area (Å²) in [4.78, 5) is 11.9. The number of carbonyl (C=O) groups excluding carboxylic acids is 1. The van der Waals surface area contributed by atoms with E-state index < -0.39 is 0 Å². The van der Waals surface area contributed by atoms with Gasteiger partial charge in [0, 0.05) is 17.8 Å². The van der Waals surface area contributed by atoms with Gasteiger partial charge in [-0.3, -0.25) is 0 Å². The lowest BCUT2D eigenvalue weighted by Gasteiger charge is -2.18. The first-order valence-corrected chi connectivity index (χ1v) is 6.99. The van der Waals surface area contributed by atoms with Crippen LogP contribution in [-0.4, -0.2) is 12.1 Å². The lowest BCUT2D eigenvalue weighted by molar-refractivity contribution is 0.246. The molecule has 3 unspecified atom stereocenters. The number of rotatable bonds is 3. The summed E-state index contributed by atoms with van der Waals surface area (Å²) in [5.74, 6) is 0.571. The molecule has 0 saturated heterocycles. The molecule has 19 heavy (non-hydrogen) atoms. The molecule has 2 rings (SSSR count). The molecule has 0 radical (unpaired) electrons. The number of nitrogens with two attached hydrogens (primary N) is 1. The van der Waals surface area contributed by atoms with Crippen LogP contribution in [0, 0.1) is 5.92 Å². The Kier molecular flexibility index (Phi) is 4.43. The van der Waals surface area contributed by atoms with Crippen LogP contribution in [0.25, 0.3) is 0 Å². The first-order chi connectivity index (χ1) is 9.06. The number of benzene rings is 1. The Morgan fingerprint density at radius 1 is 1.42 bits per heavy atom. The second-order valence-corrected chi connectivity index (χ2v) is 5.53. The summed E-state index contributed by atoms with van der Waals surface area (Å²) in [5.41, 5.74) is 7.65. The molecule has 0 aromatic heterocycles. The fourth-order valence-electron chi connectivity index (χ4n) is 2.60. The minimum absolute atomic E-state index is 0.0281. The van der Waals surface area contributed by atoms with Gasteiger partial charge in [0.05, 0.1) is 0 Å². The van der Waals surface area contributed by atoms with Crippen molar-refractivity contribution in [2.45, 2.75) is 45.2 Å². The van der Waals surface area contributed by atoms with E-state index in [-0.39, 0.29) is 12.1 Å². The van der Waals surface area contributed by atoms with Crippen molar-refractivity contribution in [2.24, 2.45) is 11.7 Å². The van der Waals surface area contributed by atoms with Gasteiger partial charge in [-0.05, 0) is 43.4 Å². The molecule has 0 bridgehead atoms. The average Bonchev–Trinajstić information content (AvgIpc) is 2.75. The van der Waals surface area contributed by atoms with Gasteiger partial charge in [0.15, 0.2) is 0 Å². The molecule has 0 aliphatic heterocycles. The largest absolute Gasteiger partial charge is 0.335 e. The maximum atomic E-state index is 11.9. The SMILES string of the molecule is CC(N)c1cccc(NC(=O)NC2CCCC2C)c1. The third-order valence-electron chi connectivity index (χ3n) is 3.85. The standard InChI is InChI=1S/C15H23N3O/c1-10-5-3-8-14(10)18-15(19)17-13-7-4-6-12(9-13)11(2)16/h4,6-7,9-11,14H,3,5,8,16H2,1-2H3,(H2,17,18,19). The summed E-state index contributed by atoms with van der Waals surface area (Å²) in [6, 6.07) is 7.82. The van der Waals surface area contributed by atoms with Gasteiger partial charge >= 0.3 is 6.03 Å². The van der Waals surface area contributed by atoms with Gasteiger partial charge in [-0.25, -0.2) is 4.79 Å². The molecule has 1 aliphatic rings. The Morgan fingerprint density at radius 3 is 2.84 bits per heavy atom. The van der Waals surface area contributed by atoms with Crippen LogP contribution in [0.2, 0.25) is 0 Å².